The summed E-state index contributed by atoms with van der Waals surface area (Å²) in [6.45, 7) is 5.34. The molecule has 0 heterocycles. The Bertz CT molecular complexity index is 505. The van der Waals surface area contributed by atoms with Crippen molar-refractivity contribution in [2.45, 2.75) is 32.4 Å². The molecule has 0 amide bonds. The summed E-state index contributed by atoms with van der Waals surface area (Å²) in [7, 11) is 0. The van der Waals surface area contributed by atoms with Gasteiger partial charge in [-0.15, -0.1) is 0 Å². The van der Waals surface area contributed by atoms with Gasteiger partial charge in [0.15, 0.2) is 0 Å². The van der Waals surface area contributed by atoms with E-state index in [-0.39, 0.29) is 6.61 Å². The second-order valence-electron chi connectivity index (χ2n) is 5.43. The van der Waals surface area contributed by atoms with Crippen LogP contribution in [0.25, 0.3) is 0 Å². The van der Waals surface area contributed by atoms with E-state index in [0.29, 0.717) is 12.0 Å². The molecule has 1 unspecified atom stereocenters. The Morgan fingerprint density at radius 3 is 2.05 bits per heavy atom. The van der Waals surface area contributed by atoms with Crippen LogP contribution in [-0.4, -0.2) is 17.7 Å². The van der Waals surface area contributed by atoms with Crippen LogP contribution < -0.4 is 5.32 Å². The van der Waals surface area contributed by atoms with Crippen molar-refractivity contribution >= 4 is 0 Å². The van der Waals surface area contributed by atoms with E-state index in [1.807, 2.05) is 18.2 Å². The van der Waals surface area contributed by atoms with Crippen LogP contribution in [0.3, 0.4) is 0 Å². The number of hydrogen-bond acceptors (Lipinski definition) is 2. The van der Waals surface area contributed by atoms with Gasteiger partial charge in [0.05, 0.1) is 6.61 Å². The molecule has 0 saturated carbocycles. The fourth-order valence-electron chi connectivity index (χ4n) is 2.32. The zero-order valence-corrected chi connectivity index (χ0v) is 12.2. The first-order valence-electron chi connectivity index (χ1n) is 7.18. The van der Waals surface area contributed by atoms with Crippen LogP contribution in [0.2, 0.25) is 0 Å². The van der Waals surface area contributed by atoms with E-state index in [0.717, 1.165) is 12.1 Å². The largest absolute Gasteiger partial charge is 0.392 e. The van der Waals surface area contributed by atoms with Crippen LogP contribution in [0.4, 0.5) is 0 Å². The van der Waals surface area contributed by atoms with Gasteiger partial charge >= 0.3 is 0 Å². The molecule has 20 heavy (non-hydrogen) atoms. The molecule has 2 rings (SSSR count). The van der Waals surface area contributed by atoms with Crippen molar-refractivity contribution in [1.82, 2.24) is 5.32 Å². The highest BCUT2D eigenvalue weighted by molar-refractivity contribution is 5.34. The molecule has 0 bridgehead atoms. The predicted molar refractivity (Wildman–Crippen MR) is 83.8 cm³/mol. The van der Waals surface area contributed by atoms with Gasteiger partial charge in [0, 0.05) is 18.5 Å². The lowest BCUT2D eigenvalue weighted by Crippen LogP contribution is -2.28. The molecule has 0 fully saturated rings. The number of hydrogen-bond donors (Lipinski definition) is 2. The molecule has 0 aromatic heterocycles. The highest BCUT2D eigenvalue weighted by Gasteiger charge is 2.14. The number of nitrogens with one attached hydrogen (secondary N) is 1. The van der Waals surface area contributed by atoms with Gasteiger partial charge < -0.3 is 10.4 Å². The highest BCUT2D eigenvalue weighted by atomic mass is 16.3. The Morgan fingerprint density at radius 2 is 1.50 bits per heavy atom. The number of benzene rings is 2. The third kappa shape index (κ3) is 3.92. The van der Waals surface area contributed by atoms with Gasteiger partial charge in [-0.25, -0.2) is 0 Å². The molecule has 1 atom stereocenters. The van der Waals surface area contributed by atoms with Gasteiger partial charge in [-0.3, -0.25) is 0 Å². The lowest BCUT2D eigenvalue weighted by atomic mass is 9.90. The number of aliphatic hydroxyl groups excluding tert-OH is 1. The topological polar surface area (TPSA) is 32.3 Å². The Balaban J connectivity index is 2.25. The molecule has 2 aromatic rings. The van der Waals surface area contributed by atoms with E-state index < -0.39 is 0 Å². The van der Waals surface area contributed by atoms with Crippen molar-refractivity contribution in [1.29, 1.82) is 0 Å². The summed E-state index contributed by atoms with van der Waals surface area (Å²) in [5.74, 6) is 0.339. The van der Waals surface area contributed by atoms with Gasteiger partial charge in [0.2, 0.25) is 0 Å². The Morgan fingerprint density at radius 1 is 0.900 bits per heavy atom. The summed E-state index contributed by atoms with van der Waals surface area (Å²) in [5.41, 5.74) is 3.55. The van der Waals surface area contributed by atoms with Gasteiger partial charge in [0.1, 0.15) is 0 Å². The lowest BCUT2D eigenvalue weighted by molar-refractivity contribution is 0.282. The minimum absolute atomic E-state index is 0.0977. The second kappa shape index (κ2) is 7.22. The van der Waals surface area contributed by atoms with Gasteiger partial charge in [-0.1, -0.05) is 68.4 Å². The molecule has 0 aliphatic rings. The molecular formula is C18H23NO. The standard InChI is InChI=1S/C18H23NO/c1-14(2)19-12-18(16-6-4-3-5-7-16)17-10-8-15(13-20)9-11-17/h3-11,14,18-20H,12-13H2,1-2H3. The summed E-state index contributed by atoms with van der Waals surface area (Å²) >= 11 is 0. The van der Waals surface area contributed by atoms with Crippen LogP contribution in [0, 0.1) is 0 Å². The third-order valence-corrected chi connectivity index (χ3v) is 3.50. The van der Waals surface area contributed by atoms with Crippen molar-refractivity contribution in [3.05, 3.63) is 71.3 Å². The van der Waals surface area contributed by atoms with Crippen molar-refractivity contribution in [3.8, 4) is 0 Å². The van der Waals surface area contributed by atoms with E-state index in [1.54, 1.807) is 0 Å². The zero-order chi connectivity index (χ0) is 14.4. The molecule has 2 aromatic carbocycles. The van der Waals surface area contributed by atoms with Crippen LogP contribution >= 0.6 is 0 Å². The first-order chi connectivity index (χ1) is 9.70. The summed E-state index contributed by atoms with van der Waals surface area (Å²) in [5, 5.41) is 12.7. The third-order valence-electron chi connectivity index (χ3n) is 3.50. The molecule has 0 saturated heterocycles. The predicted octanol–water partition coefficient (Wildman–Crippen LogP) is 3.31. The average Bonchev–Trinajstić information content (AvgIpc) is 2.49. The monoisotopic (exact) mass is 269 g/mol. The smallest absolute Gasteiger partial charge is 0.0681 e. The van der Waals surface area contributed by atoms with Crippen molar-refractivity contribution in [2.75, 3.05) is 6.54 Å². The minimum atomic E-state index is 0.0977. The summed E-state index contributed by atoms with van der Waals surface area (Å²) < 4.78 is 0. The molecule has 2 nitrogen and oxygen atoms in total. The Hall–Kier alpha value is -1.64. The van der Waals surface area contributed by atoms with Gasteiger partial charge in [0.25, 0.3) is 0 Å². The fraction of sp³-hybridized carbons (Fsp3) is 0.333. The highest BCUT2D eigenvalue weighted by Crippen LogP contribution is 2.24. The van der Waals surface area contributed by atoms with Crippen molar-refractivity contribution in [3.63, 3.8) is 0 Å². The quantitative estimate of drug-likeness (QED) is 0.843. The molecule has 0 spiro atoms. The fourth-order valence-corrected chi connectivity index (χ4v) is 2.32. The lowest BCUT2D eigenvalue weighted by Gasteiger charge is -2.20. The first-order valence-corrected chi connectivity index (χ1v) is 7.18. The summed E-state index contributed by atoms with van der Waals surface area (Å²) in [6.07, 6.45) is 0. The van der Waals surface area contributed by atoms with E-state index in [9.17, 15) is 0 Å². The Kier molecular flexibility index (Phi) is 5.33. The maximum absolute atomic E-state index is 9.15. The maximum Gasteiger partial charge on any atom is 0.0681 e. The van der Waals surface area contributed by atoms with Crippen LogP contribution in [0.15, 0.2) is 54.6 Å². The average molecular weight is 269 g/mol. The SMILES string of the molecule is CC(C)NCC(c1ccccc1)c1ccc(CO)cc1. The van der Waals surface area contributed by atoms with Crippen LogP contribution in [0.5, 0.6) is 0 Å². The summed E-state index contributed by atoms with van der Waals surface area (Å²) in [4.78, 5) is 0. The minimum Gasteiger partial charge on any atom is -0.392 e. The van der Waals surface area contributed by atoms with Crippen LogP contribution in [-0.2, 0) is 6.61 Å². The zero-order valence-electron chi connectivity index (χ0n) is 12.2. The molecule has 0 aliphatic heterocycles. The normalized spacial score (nSPS) is 12.6. The van der Waals surface area contributed by atoms with Crippen LogP contribution in [0.1, 0.15) is 36.5 Å². The van der Waals surface area contributed by atoms with E-state index in [4.69, 9.17) is 5.11 Å². The van der Waals surface area contributed by atoms with Gasteiger partial charge in [-0.05, 0) is 16.7 Å². The Labute approximate surface area is 121 Å². The number of rotatable bonds is 6. The van der Waals surface area contributed by atoms with Gasteiger partial charge in [-0.2, -0.15) is 0 Å². The van der Waals surface area contributed by atoms with E-state index in [2.05, 4.69) is 55.6 Å². The number of aliphatic hydroxyl groups is 1. The molecular weight excluding hydrogens is 246 g/mol. The van der Waals surface area contributed by atoms with Crippen molar-refractivity contribution in [2.24, 2.45) is 0 Å². The second-order valence-corrected chi connectivity index (χ2v) is 5.43. The molecule has 2 N–H and O–H groups in total. The molecule has 0 radical (unpaired) electrons. The van der Waals surface area contributed by atoms with Crippen molar-refractivity contribution < 1.29 is 5.11 Å². The van der Waals surface area contributed by atoms with E-state index >= 15 is 0 Å². The summed E-state index contributed by atoms with van der Waals surface area (Å²) in [6, 6.07) is 19.3. The molecule has 106 valence electrons. The molecule has 0 aliphatic carbocycles. The molecule has 2 heteroatoms. The first kappa shape index (κ1) is 14.8. The van der Waals surface area contributed by atoms with E-state index in [1.165, 1.54) is 11.1 Å². The maximum atomic E-state index is 9.15.